The molecule has 3 aromatic rings. The lowest BCUT2D eigenvalue weighted by atomic mass is 10.1. The maximum absolute atomic E-state index is 12.7. The fourth-order valence-electron chi connectivity index (χ4n) is 2.43. The number of hydrogen-bond donors (Lipinski definition) is 1. The standard InChI is InChI=1S/C16H15ClN4O2S/c1-21(2)14-7-3-6-13-12(14)5-4-8-15(13)24(22,23)20-16-18-9-11(17)10-19-16/h3-10H,1-2H3,(H,18,19,20). The highest BCUT2D eigenvalue weighted by atomic mass is 35.5. The molecule has 8 heteroatoms. The van der Waals surface area contributed by atoms with Gasteiger partial charge >= 0.3 is 0 Å². The maximum atomic E-state index is 12.7. The van der Waals surface area contributed by atoms with Crippen molar-refractivity contribution in [3.05, 3.63) is 53.8 Å². The number of aromatic nitrogens is 2. The van der Waals surface area contributed by atoms with E-state index in [2.05, 4.69) is 14.7 Å². The number of hydrogen-bond acceptors (Lipinski definition) is 5. The number of nitrogens with one attached hydrogen (secondary N) is 1. The van der Waals surface area contributed by atoms with Gasteiger partial charge in [-0.3, -0.25) is 0 Å². The first-order valence-electron chi connectivity index (χ1n) is 7.08. The Balaban J connectivity index is 2.11. The summed E-state index contributed by atoms with van der Waals surface area (Å²) < 4.78 is 27.9. The average Bonchev–Trinajstić information content (AvgIpc) is 2.55. The van der Waals surface area contributed by atoms with Gasteiger partial charge in [0, 0.05) is 30.6 Å². The third kappa shape index (κ3) is 3.13. The van der Waals surface area contributed by atoms with Gasteiger partial charge in [-0.05, 0) is 12.1 Å². The molecule has 0 radical (unpaired) electrons. The zero-order valence-corrected chi connectivity index (χ0v) is 14.6. The van der Waals surface area contributed by atoms with Crippen LogP contribution in [0.3, 0.4) is 0 Å². The van der Waals surface area contributed by atoms with Crippen molar-refractivity contribution < 1.29 is 8.42 Å². The van der Waals surface area contributed by atoms with Gasteiger partial charge in [0.1, 0.15) is 0 Å². The van der Waals surface area contributed by atoms with Gasteiger partial charge in [-0.1, -0.05) is 35.9 Å². The molecule has 0 aliphatic rings. The molecule has 0 bridgehead atoms. The van der Waals surface area contributed by atoms with Crippen molar-refractivity contribution in [1.82, 2.24) is 9.97 Å². The lowest BCUT2D eigenvalue weighted by Crippen LogP contribution is -2.15. The zero-order valence-electron chi connectivity index (χ0n) is 13.1. The Bertz CT molecular complexity index is 989. The monoisotopic (exact) mass is 362 g/mol. The molecular weight excluding hydrogens is 348 g/mol. The Morgan fingerprint density at radius 1 is 1.00 bits per heavy atom. The van der Waals surface area contributed by atoms with Crippen LogP contribution in [0.5, 0.6) is 0 Å². The van der Waals surface area contributed by atoms with E-state index in [1.165, 1.54) is 12.4 Å². The van der Waals surface area contributed by atoms with Crippen molar-refractivity contribution in [2.45, 2.75) is 4.90 Å². The predicted octanol–water partition coefficient (Wildman–Crippen LogP) is 3.15. The summed E-state index contributed by atoms with van der Waals surface area (Å²) in [6.45, 7) is 0. The van der Waals surface area contributed by atoms with Crippen LogP contribution >= 0.6 is 11.6 Å². The number of rotatable bonds is 4. The summed E-state index contributed by atoms with van der Waals surface area (Å²) in [6.07, 6.45) is 2.67. The van der Waals surface area contributed by atoms with Crippen LogP contribution in [-0.4, -0.2) is 32.5 Å². The predicted molar refractivity (Wildman–Crippen MR) is 96.1 cm³/mol. The minimum atomic E-state index is -3.83. The molecule has 2 aromatic carbocycles. The van der Waals surface area contributed by atoms with Crippen LogP contribution in [0, 0.1) is 0 Å². The van der Waals surface area contributed by atoms with E-state index in [0.29, 0.717) is 10.4 Å². The van der Waals surface area contributed by atoms with E-state index in [1.807, 2.05) is 37.2 Å². The summed E-state index contributed by atoms with van der Waals surface area (Å²) in [4.78, 5) is 9.85. The zero-order chi connectivity index (χ0) is 17.3. The topological polar surface area (TPSA) is 75.2 Å². The molecule has 24 heavy (non-hydrogen) atoms. The van der Waals surface area contributed by atoms with Crippen molar-refractivity contribution in [2.75, 3.05) is 23.7 Å². The normalized spacial score (nSPS) is 11.5. The first kappa shape index (κ1) is 16.5. The summed E-state index contributed by atoms with van der Waals surface area (Å²) in [5, 5.41) is 1.81. The summed E-state index contributed by atoms with van der Waals surface area (Å²) in [7, 11) is -0.00695. The molecule has 1 aromatic heterocycles. The van der Waals surface area contributed by atoms with Crippen molar-refractivity contribution in [3.63, 3.8) is 0 Å². The van der Waals surface area contributed by atoms with Crippen LogP contribution in [0.4, 0.5) is 11.6 Å². The second-order valence-corrected chi connectivity index (χ2v) is 7.44. The second kappa shape index (κ2) is 6.26. The van der Waals surface area contributed by atoms with Crippen LogP contribution in [-0.2, 0) is 10.0 Å². The highest BCUT2D eigenvalue weighted by Crippen LogP contribution is 2.30. The highest BCUT2D eigenvalue weighted by Gasteiger charge is 2.19. The molecule has 3 rings (SSSR count). The summed E-state index contributed by atoms with van der Waals surface area (Å²) >= 11 is 5.72. The van der Waals surface area contributed by atoms with Crippen molar-refractivity contribution in [1.29, 1.82) is 0 Å². The van der Waals surface area contributed by atoms with Crippen LogP contribution in [0.15, 0.2) is 53.7 Å². The number of sulfonamides is 1. The SMILES string of the molecule is CN(C)c1cccc2c(S(=O)(=O)Nc3ncc(Cl)cn3)cccc12. The molecule has 0 saturated carbocycles. The van der Waals surface area contributed by atoms with Crippen LogP contribution in [0.2, 0.25) is 5.02 Å². The molecule has 0 amide bonds. The van der Waals surface area contributed by atoms with Crippen molar-refractivity contribution in [3.8, 4) is 0 Å². The minimum Gasteiger partial charge on any atom is -0.377 e. The maximum Gasteiger partial charge on any atom is 0.264 e. The highest BCUT2D eigenvalue weighted by molar-refractivity contribution is 7.93. The smallest absolute Gasteiger partial charge is 0.264 e. The molecule has 6 nitrogen and oxygen atoms in total. The Labute approximate surface area is 145 Å². The van der Waals surface area contributed by atoms with Gasteiger partial charge in [0.2, 0.25) is 5.95 Å². The number of halogens is 1. The van der Waals surface area contributed by atoms with Gasteiger partial charge in [-0.15, -0.1) is 0 Å². The molecular formula is C16H15ClN4O2S. The molecule has 0 aliphatic heterocycles. The van der Waals surface area contributed by atoms with Gasteiger partial charge in [-0.2, -0.15) is 0 Å². The fraction of sp³-hybridized carbons (Fsp3) is 0.125. The van der Waals surface area contributed by atoms with E-state index in [-0.39, 0.29) is 10.8 Å². The van der Waals surface area contributed by atoms with Gasteiger partial charge in [0.15, 0.2) is 0 Å². The third-order valence-electron chi connectivity index (χ3n) is 3.48. The molecule has 1 heterocycles. The first-order chi connectivity index (χ1) is 11.4. The Morgan fingerprint density at radius 3 is 2.29 bits per heavy atom. The summed E-state index contributed by atoms with van der Waals surface area (Å²) in [6, 6.07) is 10.7. The van der Waals surface area contributed by atoms with E-state index in [9.17, 15) is 8.42 Å². The van der Waals surface area contributed by atoms with E-state index in [1.54, 1.807) is 18.2 Å². The molecule has 0 fully saturated rings. The number of fused-ring (bicyclic) bond motifs is 1. The Hall–Kier alpha value is -2.38. The molecule has 0 unspecified atom stereocenters. The Morgan fingerprint density at radius 2 is 1.62 bits per heavy atom. The molecule has 0 spiro atoms. The van der Waals surface area contributed by atoms with Gasteiger partial charge in [-0.25, -0.2) is 23.1 Å². The van der Waals surface area contributed by atoms with E-state index in [0.717, 1.165) is 11.1 Å². The van der Waals surface area contributed by atoms with Crippen molar-refractivity contribution >= 4 is 44.0 Å². The van der Waals surface area contributed by atoms with E-state index >= 15 is 0 Å². The van der Waals surface area contributed by atoms with Crippen LogP contribution < -0.4 is 9.62 Å². The van der Waals surface area contributed by atoms with Crippen LogP contribution in [0.1, 0.15) is 0 Å². The lowest BCUT2D eigenvalue weighted by Gasteiger charge is -2.17. The molecule has 0 aliphatic carbocycles. The Kier molecular flexibility index (Phi) is 4.29. The third-order valence-corrected chi connectivity index (χ3v) is 5.06. The number of anilines is 2. The summed E-state index contributed by atoms with van der Waals surface area (Å²) in [5.41, 5.74) is 0.937. The number of benzene rings is 2. The minimum absolute atomic E-state index is 0.0276. The van der Waals surface area contributed by atoms with Crippen molar-refractivity contribution in [2.24, 2.45) is 0 Å². The molecule has 0 atom stereocenters. The largest absolute Gasteiger partial charge is 0.377 e. The summed E-state index contributed by atoms with van der Waals surface area (Å²) in [5.74, 6) is -0.0276. The second-order valence-electron chi connectivity index (χ2n) is 5.35. The molecule has 0 saturated heterocycles. The number of nitrogens with zero attached hydrogens (tertiary/aromatic N) is 3. The molecule has 1 N–H and O–H groups in total. The van der Waals surface area contributed by atoms with Gasteiger partial charge < -0.3 is 4.90 Å². The van der Waals surface area contributed by atoms with E-state index in [4.69, 9.17) is 11.6 Å². The van der Waals surface area contributed by atoms with Gasteiger partial charge in [0.05, 0.1) is 22.3 Å². The molecule has 124 valence electrons. The van der Waals surface area contributed by atoms with Gasteiger partial charge in [0.25, 0.3) is 10.0 Å². The fourth-order valence-corrected chi connectivity index (χ4v) is 3.71. The average molecular weight is 363 g/mol. The lowest BCUT2D eigenvalue weighted by molar-refractivity contribution is 0.601. The quantitative estimate of drug-likeness (QED) is 0.771. The first-order valence-corrected chi connectivity index (χ1v) is 8.94. The van der Waals surface area contributed by atoms with Crippen LogP contribution in [0.25, 0.3) is 10.8 Å². The van der Waals surface area contributed by atoms with E-state index < -0.39 is 10.0 Å².